The van der Waals surface area contributed by atoms with E-state index in [4.69, 9.17) is 0 Å². The van der Waals surface area contributed by atoms with Gasteiger partial charge in [-0.15, -0.1) is 0 Å². The largest absolute Gasteiger partial charge is 0.310 e. The molecule has 0 aromatic heterocycles. The molecule has 0 amide bonds. The van der Waals surface area contributed by atoms with E-state index in [1.807, 2.05) is 0 Å². The maximum atomic E-state index is 3.65. The maximum Gasteiger partial charge on any atom is 0.0210 e. The van der Waals surface area contributed by atoms with Crippen LogP contribution < -0.4 is 5.32 Å². The van der Waals surface area contributed by atoms with Crippen molar-refractivity contribution >= 4 is 0 Å². The van der Waals surface area contributed by atoms with Gasteiger partial charge in [0.25, 0.3) is 0 Å². The molecule has 90 valence electrons. The normalized spacial score (nSPS) is 13.1. The first-order valence-corrected chi connectivity index (χ1v) is 6.34. The molecule has 0 bridgehead atoms. The quantitative estimate of drug-likeness (QED) is 0.793. The van der Waals surface area contributed by atoms with Gasteiger partial charge in [-0.05, 0) is 37.3 Å². The van der Waals surface area contributed by atoms with Gasteiger partial charge < -0.3 is 5.32 Å². The van der Waals surface area contributed by atoms with Crippen molar-refractivity contribution < 1.29 is 0 Å². The molecule has 0 saturated heterocycles. The van der Waals surface area contributed by atoms with E-state index in [0.29, 0.717) is 12.0 Å². The molecule has 1 rings (SSSR count). The SMILES string of the molecule is CCC(NCc1ccc(C)cc1C)C(C)C. The number of hydrogen-bond donors (Lipinski definition) is 1. The summed E-state index contributed by atoms with van der Waals surface area (Å²) in [5.74, 6) is 0.704. The second-order valence-corrected chi connectivity index (χ2v) is 5.07. The Kier molecular flexibility index (Phi) is 5.01. The van der Waals surface area contributed by atoms with Crippen LogP contribution in [0.15, 0.2) is 18.2 Å². The van der Waals surface area contributed by atoms with Crippen LogP contribution in [0.5, 0.6) is 0 Å². The van der Waals surface area contributed by atoms with Crippen LogP contribution in [0.3, 0.4) is 0 Å². The zero-order valence-corrected chi connectivity index (χ0v) is 11.3. The molecule has 1 nitrogen and oxygen atoms in total. The van der Waals surface area contributed by atoms with Gasteiger partial charge in [0, 0.05) is 12.6 Å². The van der Waals surface area contributed by atoms with Crippen molar-refractivity contribution in [2.45, 2.75) is 53.6 Å². The molecule has 0 spiro atoms. The lowest BCUT2D eigenvalue weighted by molar-refractivity contribution is 0.387. The minimum Gasteiger partial charge on any atom is -0.310 e. The van der Waals surface area contributed by atoms with E-state index in [1.54, 1.807) is 0 Å². The molecule has 0 aliphatic heterocycles. The number of benzene rings is 1. The maximum absolute atomic E-state index is 3.65. The monoisotopic (exact) mass is 219 g/mol. The van der Waals surface area contributed by atoms with Crippen molar-refractivity contribution in [2.24, 2.45) is 5.92 Å². The highest BCUT2D eigenvalue weighted by molar-refractivity contribution is 5.30. The van der Waals surface area contributed by atoms with Gasteiger partial charge in [-0.1, -0.05) is 44.5 Å². The standard InChI is InChI=1S/C15H25N/c1-6-15(11(2)3)16-10-14-8-7-12(4)9-13(14)5/h7-9,11,15-16H,6,10H2,1-5H3. The Balaban J connectivity index is 2.60. The molecule has 0 heterocycles. The molecule has 0 fully saturated rings. The van der Waals surface area contributed by atoms with Crippen molar-refractivity contribution in [3.05, 3.63) is 34.9 Å². The third-order valence-electron chi connectivity index (χ3n) is 3.30. The minimum absolute atomic E-state index is 0.626. The average Bonchev–Trinajstić information content (AvgIpc) is 2.21. The molecule has 1 heteroatoms. The lowest BCUT2D eigenvalue weighted by atomic mass is 10.0. The van der Waals surface area contributed by atoms with E-state index >= 15 is 0 Å². The van der Waals surface area contributed by atoms with Crippen LogP contribution in [-0.4, -0.2) is 6.04 Å². The fraction of sp³-hybridized carbons (Fsp3) is 0.600. The van der Waals surface area contributed by atoms with Crippen molar-refractivity contribution in [1.82, 2.24) is 5.32 Å². The third kappa shape index (κ3) is 3.64. The zero-order chi connectivity index (χ0) is 12.1. The Morgan fingerprint density at radius 2 is 1.88 bits per heavy atom. The van der Waals surface area contributed by atoms with Gasteiger partial charge in [0.15, 0.2) is 0 Å². The van der Waals surface area contributed by atoms with Gasteiger partial charge in [-0.2, -0.15) is 0 Å². The third-order valence-corrected chi connectivity index (χ3v) is 3.30. The summed E-state index contributed by atoms with van der Waals surface area (Å²) in [7, 11) is 0. The van der Waals surface area contributed by atoms with Gasteiger partial charge in [0.2, 0.25) is 0 Å². The second-order valence-electron chi connectivity index (χ2n) is 5.07. The smallest absolute Gasteiger partial charge is 0.0210 e. The first-order valence-electron chi connectivity index (χ1n) is 6.34. The van der Waals surface area contributed by atoms with Crippen LogP contribution in [0.4, 0.5) is 0 Å². The summed E-state index contributed by atoms with van der Waals surface area (Å²) >= 11 is 0. The van der Waals surface area contributed by atoms with Gasteiger partial charge in [-0.3, -0.25) is 0 Å². The summed E-state index contributed by atoms with van der Waals surface area (Å²) in [5, 5.41) is 3.65. The summed E-state index contributed by atoms with van der Waals surface area (Å²) < 4.78 is 0. The van der Waals surface area contributed by atoms with Gasteiger partial charge >= 0.3 is 0 Å². The highest BCUT2D eigenvalue weighted by Crippen LogP contribution is 2.12. The summed E-state index contributed by atoms with van der Waals surface area (Å²) in [5.41, 5.74) is 4.16. The minimum atomic E-state index is 0.626. The molecule has 0 aliphatic rings. The first kappa shape index (κ1) is 13.2. The molecule has 0 radical (unpaired) electrons. The van der Waals surface area contributed by atoms with E-state index in [9.17, 15) is 0 Å². The molecule has 0 aliphatic carbocycles. The molecule has 0 saturated carbocycles. The van der Waals surface area contributed by atoms with Gasteiger partial charge in [0.1, 0.15) is 0 Å². The lowest BCUT2D eigenvalue weighted by Gasteiger charge is -2.21. The van der Waals surface area contributed by atoms with Crippen molar-refractivity contribution in [3.63, 3.8) is 0 Å². The Bertz CT molecular complexity index is 328. The topological polar surface area (TPSA) is 12.0 Å². The number of aryl methyl sites for hydroxylation is 2. The number of hydrogen-bond acceptors (Lipinski definition) is 1. The van der Waals surface area contributed by atoms with Crippen molar-refractivity contribution in [2.75, 3.05) is 0 Å². The average molecular weight is 219 g/mol. The van der Waals surface area contributed by atoms with Gasteiger partial charge in [-0.25, -0.2) is 0 Å². The molecule has 1 aromatic carbocycles. The van der Waals surface area contributed by atoms with Crippen molar-refractivity contribution in [1.29, 1.82) is 0 Å². The Morgan fingerprint density at radius 3 is 2.38 bits per heavy atom. The highest BCUT2D eigenvalue weighted by Gasteiger charge is 2.10. The summed E-state index contributed by atoms with van der Waals surface area (Å²) in [6, 6.07) is 7.32. The first-order chi connectivity index (χ1) is 7.54. The molecule has 1 atom stereocenters. The predicted octanol–water partition coefficient (Wildman–Crippen LogP) is 3.83. The number of rotatable bonds is 5. The summed E-state index contributed by atoms with van der Waals surface area (Å²) in [4.78, 5) is 0. The zero-order valence-electron chi connectivity index (χ0n) is 11.3. The fourth-order valence-corrected chi connectivity index (χ4v) is 2.14. The molecule has 16 heavy (non-hydrogen) atoms. The number of nitrogens with one attached hydrogen (secondary N) is 1. The van der Waals surface area contributed by atoms with Crippen LogP contribution in [0.2, 0.25) is 0 Å². The molecular formula is C15H25N. The molecule has 1 aromatic rings. The van der Waals surface area contributed by atoms with E-state index in [2.05, 4.69) is 58.1 Å². The van der Waals surface area contributed by atoms with E-state index < -0.39 is 0 Å². The van der Waals surface area contributed by atoms with E-state index in [0.717, 1.165) is 6.54 Å². The van der Waals surface area contributed by atoms with Crippen LogP contribution in [0.1, 0.15) is 43.9 Å². The Labute approximate surface area is 100 Å². The highest BCUT2D eigenvalue weighted by atomic mass is 14.9. The Morgan fingerprint density at radius 1 is 1.19 bits per heavy atom. The Hall–Kier alpha value is -0.820. The van der Waals surface area contributed by atoms with Crippen LogP contribution >= 0.6 is 0 Å². The molecule has 1 N–H and O–H groups in total. The molecule has 1 unspecified atom stereocenters. The summed E-state index contributed by atoms with van der Waals surface area (Å²) in [6.45, 7) is 12.1. The predicted molar refractivity (Wildman–Crippen MR) is 71.7 cm³/mol. The van der Waals surface area contributed by atoms with Crippen molar-refractivity contribution in [3.8, 4) is 0 Å². The molecular weight excluding hydrogens is 194 g/mol. The second kappa shape index (κ2) is 6.05. The van der Waals surface area contributed by atoms with Gasteiger partial charge in [0.05, 0.1) is 0 Å². The fourth-order valence-electron chi connectivity index (χ4n) is 2.14. The van der Waals surface area contributed by atoms with E-state index in [1.165, 1.54) is 23.1 Å². The lowest BCUT2D eigenvalue weighted by Crippen LogP contribution is -2.32. The van der Waals surface area contributed by atoms with Crippen LogP contribution in [0, 0.1) is 19.8 Å². The summed E-state index contributed by atoms with van der Waals surface area (Å²) in [6.07, 6.45) is 1.20. The van der Waals surface area contributed by atoms with Crippen LogP contribution in [-0.2, 0) is 6.54 Å². The van der Waals surface area contributed by atoms with E-state index in [-0.39, 0.29) is 0 Å². The van der Waals surface area contributed by atoms with Crippen LogP contribution in [0.25, 0.3) is 0 Å².